The van der Waals surface area contributed by atoms with Crippen LogP contribution in [0.5, 0.6) is 0 Å². The van der Waals surface area contributed by atoms with Crippen LogP contribution in [0, 0.1) is 0 Å². The number of aliphatic hydroxyl groups excluding tert-OH is 1. The Morgan fingerprint density at radius 1 is 1.50 bits per heavy atom. The highest BCUT2D eigenvalue weighted by molar-refractivity contribution is 4.95. The molecule has 0 aromatic heterocycles. The van der Waals surface area contributed by atoms with E-state index in [-0.39, 0.29) is 6.10 Å². The Hall–Kier alpha value is -0.160. The fraction of sp³-hybridized carbons (Fsp3) is 1.00. The Bertz CT molecular complexity index is 176. The molecular formula is C8H15NO3. The molecule has 5 atom stereocenters. The Morgan fingerprint density at radius 2 is 2.08 bits per heavy atom. The monoisotopic (exact) mass is 173 g/mol. The minimum absolute atomic E-state index is 0.0267. The van der Waals surface area contributed by atoms with Gasteiger partial charge in [0.05, 0.1) is 12.2 Å². The lowest BCUT2D eigenvalue weighted by Gasteiger charge is -2.10. The molecule has 2 N–H and O–H groups in total. The standard InChI is InChI=1S/C8H15NO3/c1-4-7(11-4)5(9-2)3-6-8(10)12-6/h4-10H,3H2,1-2H3/t4?,5-,6?,7?,8?/m0/s1. The van der Waals surface area contributed by atoms with Gasteiger partial charge >= 0.3 is 0 Å². The molecule has 4 nitrogen and oxygen atoms in total. The fourth-order valence-electron chi connectivity index (χ4n) is 1.60. The molecule has 4 unspecified atom stereocenters. The third kappa shape index (κ3) is 1.61. The number of hydrogen-bond donors (Lipinski definition) is 2. The summed E-state index contributed by atoms with van der Waals surface area (Å²) in [4.78, 5) is 0. The molecule has 0 aromatic rings. The van der Waals surface area contributed by atoms with Crippen molar-refractivity contribution in [1.29, 1.82) is 0 Å². The van der Waals surface area contributed by atoms with Gasteiger partial charge in [0.15, 0.2) is 6.29 Å². The number of aliphatic hydroxyl groups is 1. The molecule has 0 saturated carbocycles. The van der Waals surface area contributed by atoms with Crippen LogP contribution in [-0.4, -0.2) is 42.8 Å². The van der Waals surface area contributed by atoms with Gasteiger partial charge in [-0.2, -0.15) is 0 Å². The van der Waals surface area contributed by atoms with Crippen LogP contribution in [-0.2, 0) is 9.47 Å². The quantitative estimate of drug-likeness (QED) is 0.561. The second-order valence-corrected chi connectivity index (χ2v) is 3.50. The summed E-state index contributed by atoms with van der Waals surface area (Å²) in [5.74, 6) is 0. The van der Waals surface area contributed by atoms with E-state index in [1.165, 1.54) is 0 Å². The Morgan fingerprint density at radius 3 is 2.42 bits per heavy atom. The van der Waals surface area contributed by atoms with Crippen molar-refractivity contribution in [3.8, 4) is 0 Å². The molecule has 4 heteroatoms. The summed E-state index contributed by atoms with van der Waals surface area (Å²) < 4.78 is 10.3. The molecule has 12 heavy (non-hydrogen) atoms. The minimum atomic E-state index is -0.532. The van der Waals surface area contributed by atoms with Gasteiger partial charge in [0.1, 0.15) is 6.10 Å². The molecule has 70 valence electrons. The van der Waals surface area contributed by atoms with Gasteiger partial charge in [-0.15, -0.1) is 0 Å². The molecule has 0 spiro atoms. The van der Waals surface area contributed by atoms with Gasteiger partial charge in [0.2, 0.25) is 0 Å². The molecule has 2 aliphatic rings. The van der Waals surface area contributed by atoms with E-state index in [1.807, 2.05) is 7.05 Å². The van der Waals surface area contributed by atoms with Gasteiger partial charge in [-0.3, -0.25) is 0 Å². The molecule has 0 aliphatic carbocycles. The lowest BCUT2D eigenvalue weighted by atomic mass is 10.1. The maximum Gasteiger partial charge on any atom is 0.181 e. The maximum absolute atomic E-state index is 8.95. The predicted molar refractivity (Wildman–Crippen MR) is 42.7 cm³/mol. The van der Waals surface area contributed by atoms with Crippen molar-refractivity contribution in [3.05, 3.63) is 0 Å². The largest absolute Gasteiger partial charge is 0.368 e. The Kier molecular flexibility index (Phi) is 2.08. The van der Waals surface area contributed by atoms with Crippen LogP contribution >= 0.6 is 0 Å². The predicted octanol–water partition coefficient (Wildman–Crippen LogP) is -0.531. The normalized spacial score (nSPS) is 47.2. The summed E-state index contributed by atoms with van der Waals surface area (Å²) in [6.45, 7) is 2.05. The number of likely N-dealkylation sites (N-methyl/N-ethyl adjacent to an activating group) is 1. The smallest absolute Gasteiger partial charge is 0.181 e. The van der Waals surface area contributed by atoms with Crippen molar-refractivity contribution in [2.24, 2.45) is 0 Å². The molecule has 2 saturated heterocycles. The van der Waals surface area contributed by atoms with Crippen LogP contribution in [0.4, 0.5) is 0 Å². The Balaban J connectivity index is 1.75. The number of hydrogen-bond acceptors (Lipinski definition) is 4. The summed E-state index contributed by atoms with van der Waals surface area (Å²) in [7, 11) is 1.91. The first kappa shape index (κ1) is 8.44. The number of epoxide rings is 2. The van der Waals surface area contributed by atoms with Gasteiger partial charge in [-0.05, 0) is 20.4 Å². The first-order valence-electron chi connectivity index (χ1n) is 4.38. The molecule has 0 aromatic carbocycles. The van der Waals surface area contributed by atoms with Gasteiger partial charge in [0, 0.05) is 6.04 Å². The van der Waals surface area contributed by atoms with Crippen LogP contribution in [0.25, 0.3) is 0 Å². The van der Waals surface area contributed by atoms with Gasteiger partial charge < -0.3 is 19.9 Å². The Labute approximate surface area is 71.9 Å². The van der Waals surface area contributed by atoms with Crippen molar-refractivity contribution in [1.82, 2.24) is 5.32 Å². The second-order valence-electron chi connectivity index (χ2n) is 3.50. The van der Waals surface area contributed by atoms with E-state index < -0.39 is 6.29 Å². The average Bonchev–Trinajstić information content (AvgIpc) is 2.89. The van der Waals surface area contributed by atoms with Crippen LogP contribution in [0.15, 0.2) is 0 Å². The van der Waals surface area contributed by atoms with E-state index in [0.29, 0.717) is 18.2 Å². The highest BCUT2D eigenvalue weighted by atomic mass is 16.7. The SMILES string of the molecule is CN[C@@H](CC1OC1O)C1OC1C. The first-order chi connectivity index (χ1) is 5.72. The summed E-state index contributed by atoms with van der Waals surface area (Å²) >= 11 is 0. The lowest BCUT2D eigenvalue weighted by Crippen LogP contribution is -2.33. The number of ether oxygens (including phenoxy) is 2. The lowest BCUT2D eigenvalue weighted by molar-refractivity contribution is 0.155. The molecule has 2 rings (SSSR count). The fourth-order valence-corrected chi connectivity index (χ4v) is 1.60. The van der Waals surface area contributed by atoms with Crippen molar-refractivity contribution in [3.63, 3.8) is 0 Å². The topological polar surface area (TPSA) is 57.3 Å². The zero-order valence-corrected chi connectivity index (χ0v) is 7.36. The summed E-state index contributed by atoms with van der Waals surface area (Å²) in [5.41, 5.74) is 0. The van der Waals surface area contributed by atoms with E-state index in [0.717, 1.165) is 6.42 Å². The molecule has 2 fully saturated rings. The van der Waals surface area contributed by atoms with E-state index in [2.05, 4.69) is 12.2 Å². The second kappa shape index (κ2) is 2.96. The van der Waals surface area contributed by atoms with Gasteiger partial charge in [0.25, 0.3) is 0 Å². The molecular weight excluding hydrogens is 158 g/mol. The zero-order valence-electron chi connectivity index (χ0n) is 7.36. The number of nitrogens with one attached hydrogen (secondary N) is 1. The molecule has 0 radical (unpaired) electrons. The highest BCUT2D eigenvalue weighted by Crippen LogP contribution is 2.31. The van der Waals surface area contributed by atoms with E-state index in [1.54, 1.807) is 0 Å². The minimum Gasteiger partial charge on any atom is -0.368 e. The van der Waals surface area contributed by atoms with Crippen molar-refractivity contribution < 1.29 is 14.6 Å². The van der Waals surface area contributed by atoms with Gasteiger partial charge in [-0.1, -0.05) is 0 Å². The average molecular weight is 173 g/mol. The molecule has 0 amide bonds. The van der Waals surface area contributed by atoms with E-state index >= 15 is 0 Å². The van der Waals surface area contributed by atoms with Crippen LogP contribution in [0.2, 0.25) is 0 Å². The first-order valence-corrected chi connectivity index (χ1v) is 4.38. The van der Waals surface area contributed by atoms with Gasteiger partial charge in [-0.25, -0.2) is 0 Å². The molecule has 0 bridgehead atoms. The third-order valence-corrected chi connectivity index (χ3v) is 2.57. The van der Waals surface area contributed by atoms with Crippen LogP contribution < -0.4 is 5.32 Å². The maximum atomic E-state index is 8.95. The molecule has 2 aliphatic heterocycles. The summed E-state index contributed by atoms with van der Waals surface area (Å²) in [5, 5.41) is 12.1. The molecule has 2 heterocycles. The van der Waals surface area contributed by atoms with E-state index in [9.17, 15) is 0 Å². The number of rotatable bonds is 4. The van der Waals surface area contributed by atoms with E-state index in [4.69, 9.17) is 14.6 Å². The summed E-state index contributed by atoms with van der Waals surface area (Å²) in [6.07, 6.45) is 1.01. The third-order valence-electron chi connectivity index (χ3n) is 2.57. The zero-order chi connectivity index (χ0) is 8.72. The van der Waals surface area contributed by atoms with Crippen molar-refractivity contribution in [2.45, 2.75) is 44.0 Å². The van der Waals surface area contributed by atoms with Crippen LogP contribution in [0.3, 0.4) is 0 Å². The highest BCUT2D eigenvalue weighted by Gasteiger charge is 2.46. The van der Waals surface area contributed by atoms with Crippen molar-refractivity contribution in [2.75, 3.05) is 7.05 Å². The van der Waals surface area contributed by atoms with Crippen molar-refractivity contribution >= 4 is 0 Å². The van der Waals surface area contributed by atoms with Crippen LogP contribution in [0.1, 0.15) is 13.3 Å². The summed E-state index contributed by atoms with van der Waals surface area (Å²) in [6, 6.07) is 0.321.